The fourth-order valence-electron chi connectivity index (χ4n) is 1.78. The van der Waals surface area contributed by atoms with Gasteiger partial charge in [0, 0.05) is 6.54 Å². The minimum Gasteiger partial charge on any atom is -0.496 e. The van der Waals surface area contributed by atoms with Gasteiger partial charge in [-0.15, -0.1) is 0 Å². The fraction of sp³-hybridized carbons (Fsp3) is 0.538. The van der Waals surface area contributed by atoms with Crippen molar-refractivity contribution >= 4 is 26.0 Å². The van der Waals surface area contributed by atoms with Gasteiger partial charge in [-0.1, -0.05) is 13.3 Å². The molecule has 0 radical (unpaired) electrons. The van der Waals surface area contributed by atoms with Crippen molar-refractivity contribution in [2.75, 3.05) is 13.7 Å². The van der Waals surface area contributed by atoms with Crippen molar-refractivity contribution in [3.8, 4) is 5.75 Å². The summed E-state index contributed by atoms with van der Waals surface area (Å²) in [5.74, 6) is 0.557. The Morgan fingerprint density at radius 1 is 1.45 bits per heavy atom. The SMILES string of the molecule is CCCC(C)(O)CNS(=O)(=O)c1ccc(OC)c(Br)c1. The molecule has 1 aromatic carbocycles. The molecule has 0 saturated carbocycles. The van der Waals surface area contributed by atoms with Gasteiger partial charge in [0.2, 0.25) is 10.0 Å². The molecule has 0 aliphatic heterocycles. The highest BCUT2D eigenvalue weighted by molar-refractivity contribution is 9.10. The van der Waals surface area contributed by atoms with Crippen LogP contribution in [-0.4, -0.2) is 32.8 Å². The second-order valence-corrected chi connectivity index (χ2v) is 7.49. The molecule has 0 heterocycles. The summed E-state index contributed by atoms with van der Waals surface area (Å²) in [5, 5.41) is 10.0. The van der Waals surface area contributed by atoms with Crippen molar-refractivity contribution in [1.29, 1.82) is 0 Å². The van der Waals surface area contributed by atoms with E-state index in [0.29, 0.717) is 16.6 Å². The maximum Gasteiger partial charge on any atom is 0.240 e. The number of nitrogens with one attached hydrogen (secondary N) is 1. The molecule has 114 valence electrons. The number of halogens is 1. The van der Waals surface area contributed by atoms with Gasteiger partial charge >= 0.3 is 0 Å². The third kappa shape index (κ3) is 4.73. The molecule has 1 aromatic rings. The first kappa shape index (κ1) is 17.4. The van der Waals surface area contributed by atoms with Crippen molar-refractivity contribution in [2.45, 2.75) is 37.2 Å². The molecule has 5 nitrogen and oxygen atoms in total. The van der Waals surface area contributed by atoms with Crippen LogP contribution in [0.5, 0.6) is 5.75 Å². The van der Waals surface area contributed by atoms with Crippen LogP contribution in [0.2, 0.25) is 0 Å². The van der Waals surface area contributed by atoms with E-state index < -0.39 is 15.6 Å². The van der Waals surface area contributed by atoms with Crippen LogP contribution in [-0.2, 0) is 10.0 Å². The summed E-state index contributed by atoms with van der Waals surface area (Å²) in [6, 6.07) is 4.50. The number of aliphatic hydroxyl groups is 1. The van der Waals surface area contributed by atoms with Crippen molar-refractivity contribution < 1.29 is 18.3 Å². The van der Waals surface area contributed by atoms with E-state index in [4.69, 9.17) is 4.74 Å². The normalized spacial score (nSPS) is 14.8. The van der Waals surface area contributed by atoms with Crippen molar-refractivity contribution in [1.82, 2.24) is 4.72 Å². The largest absolute Gasteiger partial charge is 0.496 e. The molecule has 1 unspecified atom stereocenters. The van der Waals surface area contributed by atoms with E-state index in [1.807, 2.05) is 6.92 Å². The molecule has 0 amide bonds. The van der Waals surface area contributed by atoms with Crippen LogP contribution in [0.15, 0.2) is 27.6 Å². The van der Waals surface area contributed by atoms with Gasteiger partial charge in [0.15, 0.2) is 0 Å². The molecular formula is C13H20BrNO4S. The van der Waals surface area contributed by atoms with Crippen LogP contribution in [0.1, 0.15) is 26.7 Å². The Kier molecular flexibility index (Phi) is 6.00. The third-order valence-electron chi connectivity index (χ3n) is 2.87. The van der Waals surface area contributed by atoms with Gasteiger partial charge in [0.05, 0.1) is 22.1 Å². The minimum absolute atomic E-state index is 0.0210. The second kappa shape index (κ2) is 6.89. The summed E-state index contributed by atoms with van der Waals surface area (Å²) in [6.45, 7) is 3.53. The Bertz CT molecular complexity index is 557. The predicted molar refractivity (Wildman–Crippen MR) is 81.4 cm³/mol. The van der Waals surface area contributed by atoms with Gasteiger partial charge in [-0.05, 0) is 47.5 Å². The summed E-state index contributed by atoms with van der Waals surface area (Å²) in [5.41, 5.74) is -1.05. The first-order valence-electron chi connectivity index (χ1n) is 6.27. The quantitative estimate of drug-likeness (QED) is 0.777. The molecule has 0 bridgehead atoms. The number of ether oxygens (including phenoxy) is 1. The lowest BCUT2D eigenvalue weighted by Crippen LogP contribution is -2.40. The van der Waals surface area contributed by atoms with Crippen LogP contribution >= 0.6 is 15.9 Å². The van der Waals surface area contributed by atoms with Gasteiger partial charge < -0.3 is 9.84 Å². The van der Waals surface area contributed by atoms with Gasteiger partial charge in [-0.3, -0.25) is 0 Å². The van der Waals surface area contributed by atoms with E-state index in [2.05, 4.69) is 20.7 Å². The van der Waals surface area contributed by atoms with Gasteiger partial charge in [-0.25, -0.2) is 13.1 Å². The smallest absolute Gasteiger partial charge is 0.240 e. The maximum absolute atomic E-state index is 12.2. The Morgan fingerprint density at radius 2 is 2.10 bits per heavy atom. The van der Waals surface area contributed by atoms with Gasteiger partial charge in [0.1, 0.15) is 5.75 Å². The van der Waals surface area contributed by atoms with Crippen molar-refractivity contribution in [2.24, 2.45) is 0 Å². The molecule has 7 heteroatoms. The van der Waals surface area contributed by atoms with Crippen LogP contribution in [0.4, 0.5) is 0 Å². The summed E-state index contributed by atoms with van der Waals surface area (Å²) in [6.07, 6.45) is 1.31. The molecule has 0 fully saturated rings. The second-order valence-electron chi connectivity index (χ2n) is 4.87. The number of methoxy groups -OCH3 is 1. The molecule has 0 aromatic heterocycles. The standard InChI is InChI=1S/C13H20BrNO4S/c1-4-7-13(2,16)9-15-20(17,18)10-5-6-12(19-3)11(14)8-10/h5-6,8,15-16H,4,7,9H2,1-3H3. The summed E-state index contributed by atoms with van der Waals surface area (Å²) in [4.78, 5) is 0.123. The van der Waals surface area contributed by atoms with E-state index in [0.717, 1.165) is 6.42 Å². The van der Waals surface area contributed by atoms with E-state index in [-0.39, 0.29) is 11.4 Å². The molecule has 0 aliphatic rings. The molecule has 0 aliphatic carbocycles. The molecule has 20 heavy (non-hydrogen) atoms. The lowest BCUT2D eigenvalue weighted by Gasteiger charge is -2.22. The highest BCUT2D eigenvalue weighted by Gasteiger charge is 2.23. The molecule has 0 saturated heterocycles. The number of hydrogen-bond donors (Lipinski definition) is 2. The van der Waals surface area contributed by atoms with E-state index in [9.17, 15) is 13.5 Å². The maximum atomic E-state index is 12.2. The van der Waals surface area contributed by atoms with Gasteiger partial charge in [0.25, 0.3) is 0 Å². The van der Waals surface area contributed by atoms with Crippen LogP contribution in [0, 0.1) is 0 Å². The molecule has 2 N–H and O–H groups in total. The molecule has 0 spiro atoms. The van der Waals surface area contributed by atoms with Crippen LogP contribution < -0.4 is 9.46 Å². The zero-order valence-corrected chi connectivity index (χ0v) is 14.2. The summed E-state index contributed by atoms with van der Waals surface area (Å²) in [7, 11) is -2.15. The molecule has 1 atom stereocenters. The lowest BCUT2D eigenvalue weighted by atomic mass is 10.0. The van der Waals surface area contributed by atoms with Gasteiger partial charge in [-0.2, -0.15) is 0 Å². The van der Waals surface area contributed by atoms with E-state index in [1.165, 1.54) is 19.2 Å². The topological polar surface area (TPSA) is 75.6 Å². The lowest BCUT2D eigenvalue weighted by molar-refractivity contribution is 0.0554. The number of benzene rings is 1. The number of hydrogen-bond acceptors (Lipinski definition) is 4. The average molecular weight is 366 g/mol. The zero-order chi connectivity index (χ0) is 15.4. The first-order chi connectivity index (χ1) is 9.22. The molecule has 1 rings (SSSR count). The van der Waals surface area contributed by atoms with Crippen LogP contribution in [0.25, 0.3) is 0 Å². The van der Waals surface area contributed by atoms with Crippen LogP contribution in [0.3, 0.4) is 0 Å². The van der Waals surface area contributed by atoms with Crippen molar-refractivity contribution in [3.05, 3.63) is 22.7 Å². The monoisotopic (exact) mass is 365 g/mol. The average Bonchev–Trinajstić information content (AvgIpc) is 2.36. The Hall–Kier alpha value is -0.630. The predicted octanol–water partition coefficient (Wildman–Crippen LogP) is 2.29. The fourth-order valence-corrected chi connectivity index (χ4v) is 3.66. The number of rotatable bonds is 7. The Labute approximate surface area is 128 Å². The third-order valence-corrected chi connectivity index (χ3v) is 4.88. The minimum atomic E-state index is -3.65. The van der Waals surface area contributed by atoms with E-state index >= 15 is 0 Å². The summed E-state index contributed by atoms with van der Waals surface area (Å²) >= 11 is 3.25. The number of sulfonamides is 1. The highest BCUT2D eigenvalue weighted by atomic mass is 79.9. The zero-order valence-electron chi connectivity index (χ0n) is 11.8. The van der Waals surface area contributed by atoms with E-state index in [1.54, 1.807) is 13.0 Å². The highest BCUT2D eigenvalue weighted by Crippen LogP contribution is 2.27. The Balaban J connectivity index is 2.87. The van der Waals surface area contributed by atoms with Crippen molar-refractivity contribution in [3.63, 3.8) is 0 Å². The molecular weight excluding hydrogens is 346 g/mol. The first-order valence-corrected chi connectivity index (χ1v) is 8.55. The summed E-state index contributed by atoms with van der Waals surface area (Å²) < 4.78 is 32.3. The Morgan fingerprint density at radius 3 is 2.60 bits per heavy atom.